The summed E-state index contributed by atoms with van der Waals surface area (Å²) in [6.07, 6.45) is -3.73. The lowest BCUT2D eigenvalue weighted by atomic mass is 9.96. The Morgan fingerprint density at radius 2 is 2.11 bits per heavy atom. The maximum atomic E-state index is 13.3. The number of benzene rings is 1. The minimum absolute atomic E-state index is 0.0161. The van der Waals surface area contributed by atoms with Crippen LogP contribution in [0.2, 0.25) is 0 Å². The van der Waals surface area contributed by atoms with Crippen LogP contribution in [-0.4, -0.2) is 27.1 Å². The summed E-state index contributed by atoms with van der Waals surface area (Å²) < 4.78 is 13.3. The summed E-state index contributed by atoms with van der Waals surface area (Å²) >= 11 is 0. The Balaban J connectivity index is 3.19. The highest BCUT2D eigenvalue weighted by atomic mass is 19.1. The van der Waals surface area contributed by atoms with Crippen molar-refractivity contribution in [2.45, 2.75) is 25.6 Å². The molecule has 0 radical (unpaired) electrons. The number of halogens is 1. The smallest absolute Gasteiger partial charge is 0.275 e. The van der Waals surface area contributed by atoms with Crippen LogP contribution in [0, 0.1) is 22.9 Å². The molecule has 8 heteroatoms. The van der Waals surface area contributed by atoms with E-state index in [-0.39, 0.29) is 11.1 Å². The van der Waals surface area contributed by atoms with Gasteiger partial charge in [-0.25, -0.2) is 4.39 Å². The topological polar surface area (TPSA) is 127 Å². The van der Waals surface area contributed by atoms with Gasteiger partial charge in [-0.3, -0.25) is 14.9 Å². The van der Waals surface area contributed by atoms with Crippen molar-refractivity contribution in [2.75, 3.05) is 0 Å². The van der Waals surface area contributed by atoms with Crippen molar-refractivity contribution < 1.29 is 24.3 Å². The summed E-state index contributed by atoms with van der Waals surface area (Å²) in [6, 6.07) is 1.59. The third-order valence-corrected chi connectivity index (χ3v) is 2.68. The predicted molar refractivity (Wildman–Crippen MR) is 62.6 cm³/mol. The van der Waals surface area contributed by atoms with Gasteiger partial charge in [-0.2, -0.15) is 0 Å². The third kappa shape index (κ3) is 3.46. The standard InChI is InChI=1S/C11H13FN2O5/c1-5-7(11(17)9(15)4-10(13)16)2-6(12)3-8(5)14(18)19/h2-3,9,11,15,17H,4H2,1H3,(H2,13,16). The average Bonchev–Trinajstić information content (AvgIpc) is 2.29. The van der Waals surface area contributed by atoms with Crippen LogP contribution in [0.5, 0.6) is 0 Å². The summed E-state index contributed by atoms with van der Waals surface area (Å²) in [5, 5.41) is 30.1. The molecule has 0 aliphatic heterocycles. The van der Waals surface area contributed by atoms with E-state index in [9.17, 15) is 29.5 Å². The average molecular weight is 272 g/mol. The normalized spacial score (nSPS) is 13.9. The molecule has 1 aromatic rings. The summed E-state index contributed by atoms with van der Waals surface area (Å²) in [4.78, 5) is 20.6. The second kappa shape index (κ2) is 5.72. The Morgan fingerprint density at radius 1 is 1.53 bits per heavy atom. The number of amides is 1. The molecule has 104 valence electrons. The number of primary amides is 1. The number of nitrogens with two attached hydrogens (primary N) is 1. The molecule has 1 aromatic carbocycles. The fourth-order valence-electron chi connectivity index (χ4n) is 1.71. The van der Waals surface area contributed by atoms with E-state index in [0.717, 1.165) is 6.07 Å². The van der Waals surface area contributed by atoms with Gasteiger partial charge in [0.25, 0.3) is 5.69 Å². The van der Waals surface area contributed by atoms with E-state index in [1.165, 1.54) is 6.92 Å². The number of rotatable bonds is 5. The zero-order valence-electron chi connectivity index (χ0n) is 10.0. The van der Waals surface area contributed by atoms with Gasteiger partial charge in [0.1, 0.15) is 11.9 Å². The summed E-state index contributed by atoms with van der Waals surface area (Å²) in [7, 11) is 0. The number of hydrogen-bond acceptors (Lipinski definition) is 5. The minimum Gasteiger partial charge on any atom is -0.390 e. The summed E-state index contributed by atoms with van der Waals surface area (Å²) in [6.45, 7) is 1.31. The molecule has 0 bridgehead atoms. The lowest BCUT2D eigenvalue weighted by Gasteiger charge is -2.18. The fraction of sp³-hybridized carbons (Fsp3) is 0.364. The van der Waals surface area contributed by atoms with Gasteiger partial charge < -0.3 is 15.9 Å². The van der Waals surface area contributed by atoms with Crippen LogP contribution in [0.1, 0.15) is 23.7 Å². The second-order valence-corrected chi connectivity index (χ2v) is 4.08. The number of hydrogen-bond donors (Lipinski definition) is 3. The number of nitro groups is 1. The molecule has 0 saturated carbocycles. The van der Waals surface area contributed by atoms with Crippen molar-refractivity contribution in [2.24, 2.45) is 5.73 Å². The first-order valence-corrected chi connectivity index (χ1v) is 5.33. The number of aliphatic hydroxyl groups excluding tert-OH is 2. The van der Waals surface area contributed by atoms with Crippen LogP contribution < -0.4 is 5.73 Å². The molecule has 2 atom stereocenters. The van der Waals surface area contributed by atoms with Crippen molar-refractivity contribution in [3.05, 3.63) is 39.2 Å². The Hall–Kier alpha value is -2.06. The SMILES string of the molecule is Cc1c(C(O)C(O)CC(N)=O)cc(F)cc1[N+](=O)[O-]. The number of nitrogens with zero attached hydrogens (tertiary/aromatic N) is 1. The molecule has 2 unspecified atom stereocenters. The quantitative estimate of drug-likeness (QED) is 0.525. The molecule has 0 spiro atoms. The lowest BCUT2D eigenvalue weighted by Crippen LogP contribution is -2.26. The zero-order valence-corrected chi connectivity index (χ0v) is 10.0. The van der Waals surface area contributed by atoms with Crippen LogP contribution in [0.3, 0.4) is 0 Å². The maximum absolute atomic E-state index is 13.3. The second-order valence-electron chi connectivity index (χ2n) is 4.08. The molecular formula is C11H13FN2O5. The van der Waals surface area contributed by atoms with Crippen molar-refractivity contribution in [1.29, 1.82) is 0 Å². The van der Waals surface area contributed by atoms with E-state index in [0.29, 0.717) is 6.07 Å². The van der Waals surface area contributed by atoms with Crippen molar-refractivity contribution in [3.63, 3.8) is 0 Å². The lowest BCUT2D eigenvalue weighted by molar-refractivity contribution is -0.385. The number of carbonyl (C=O) groups excluding carboxylic acids is 1. The number of nitro benzene ring substituents is 1. The Morgan fingerprint density at radius 3 is 2.58 bits per heavy atom. The van der Waals surface area contributed by atoms with Crippen LogP contribution in [0.25, 0.3) is 0 Å². The van der Waals surface area contributed by atoms with E-state index in [4.69, 9.17) is 5.73 Å². The van der Waals surface area contributed by atoms with Crippen LogP contribution >= 0.6 is 0 Å². The van der Waals surface area contributed by atoms with Gasteiger partial charge >= 0.3 is 0 Å². The molecule has 1 amide bonds. The largest absolute Gasteiger partial charge is 0.390 e. The van der Waals surface area contributed by atoms with Gasteiger partial charge in [-0.15, -0.1) is 0 Å². The molecule has 0 saturated heterocycles. The van der Waals surface area contributed by atoms with Crippen molar-refractivity contribution in [3.8, 4) is 0 Å². The Kier molecular flexibility index (Phi) is 4.52. The van der Waals surface area contributed by atoms with E-state index in [1.807, 2.05) is 0 Å². The van der Waals surface area contributed by atoms with E-state index in [2.05, 4.69) is 0 Å². The zero-order chi connectivity index (χ0) is 14.7. The summed E-state index contributed by atoms with van der Waals surface area (Å²) in [5.74, 6) is -1.77. The summed E-state index contributed by atoms with van der Waals surface area (Å²) in [5.41, 5.74) is 4.21. The number of carbonyl (C=O) groups is 1. The molecule has 0 aliphatic rings. The highest BCUT2D eigenvalue weighted by Gasteiger charge is 2.26. The Bertz CT molecular complexity index is 520. The van der Waals surface area contributed by atoms with Crippen LogP contribution in [0.4, 0.5) is 10.1 Å². The van der Waals surface area contributed by atoms with E-state index in [1.54, 1.807) is 0 Å². The third-order valence-electron chi connectivity index (χ3n) is 2.68. The molecule has 0 aliphatic carbocycles. The molecule has 4 N–H and O–H groups in total. The maximum Gasteiger partial charge on any atom is 0.275 e. The fourth-order valence-corrected chi connectivity index (χ4v) is 1.71. The number of aliphatic hydroxyl groups is 2. The Labute approximate surface area is 107 Å². The first-order chi connectivity index (χ1) is 8.73. The predicted octanol–water partition coefficient (Wildman–Crippen LogP) is 0.312. The molecule has 19 heavy (non-hydrogen) atoms. The highest BCUT2D eigenvalue weighted by Crippen LogP contribution is 2.29. The van der Waals surface area contributed by atoms with Gasteiger partial charge in [0.15, 0.2) is 0 Å². The monoisotopic (exact) mass is 272 g/mol. The van der Waals surface area contributed by atoms with Gasteiger partial charge in [0, 0.05) is 5.56 Å². The van der Waals surface area contributed by atoms with Gasteiger partial charge in [-0.1, -0.05) is 0 Å². The van der Waals surface area contributed by atoms with Gasteiger partial charge in [-0.05, 0) is 18.6 Å². The van der Waals surface area contributed by atoms with E-state index >= 15 is 0 Å². The molecule has 1 rings (SSSR count). The van der Waals surface area contributed by atoms with Crippen LogP contribution in [0.15, 0.2) is 12.1 Å². The van der Waals surface area contributed by atoms with Gasteiger partial charge in [0.05, 0.1) is 23.5 Å². The first-order valence-electron chi connectivity index (χ1n) is 5.33. The molecule has 0 heterocycles. The first kappa shape index (κ1) is 15.0. The molecular weight excluding hydrogens is 259 g/mol. The van der Waals surface area contributed by atoms with Crippen molar-refractivity contribution in [1.82, 2.24) is 0 Å². The molecule has 7 nitrogen and oxygen atoms in total. The van der Waals surface area contributed by atoms with Crippen molar-refractivity contribution >= 4 is 11.6 Å². The van der Waals surface area contributed by atoms with E-state index < -0.39 is 41.0 Å². The minimum atomic E-state index is -1.64. The highest BCUT2D eigenvalue weighted by molar-refractivity contribution is 5.74. The van der Waals surface area contributed by atoms with Crippen LogP contribution in [-0.2, 0) is 4.79 Å². The molecule has 0 aromatic heterocycles. The molecule has 0 fully saturated rings. The van der Waals surface area contributed by atoms with Gasteiger partial charge in [0.2, 0.25) is 5.91 Å².